The van der Waals surface area contributed by atoms with Crippen molar-refractivity contribution < 1.29 is 4.79 Å². The molecule has 0 unspecified atom stereocenters. The Morgan fingerprint density at radius 2 is 1.76 bits per heavy atom. The molecule has 0 aliphatic heterocycles. The van der Waals surface area contributed by atoms with Crippen LogP contribution in [0.2, 0.25) is 5.02 Å². The lowest BCUT2D eigenvalue weighted by Gasteiger charge is -2.28. The summed E-state index contributed by atoms with van der Waals surface area (Å²) < 4.78 is 0. The molecule has 1 aromatic carbocycles. The maximum atomic E-state index is 11.7. The van der Waals surface area contributed by atoms with Gasteiger partial charge in [-0.15, -0.1) is 0 Å². The number of hydrogen-bond donors (Lipinski definition) is 2. The molecule has 1 atom stereocenters. The Morgan fingerprint density at radius 1 is 1.24 bits per heavy atom. The van der Waals surface area contributed by atoms with Crippen molar-refractivity contribution in [3.63, 3.8) is 0 Å². The highest BCUT2D eigenvalue weighted by atomic mass is 35.5. The summed E-state index contributed by atoms with van der Waals surface area (Å²) in [6, 6.07) is 6.91. The van der Waals surface area contributed by atoms with Crippen LogP contribution < -0.4 is 10.6 Å². The highest BCUT2D eigenvalue weighted by molar-refractivity contribution is 6.30. The van der Waals surface area contributed by atoms with Crippen molar-refractivity contribution in [3.8, 4) is 0 Å². The van der Waals surface area contributed by atoms with Crippen LogP contribution in [0.1, 0.15) is 27.7 Å². The lowest BCUT2D eigenvalue weighted by molar-refractivity contribution is 0.233. The molecular formula is C13H19ClN2O. The third-order valence-corrected chi connectivity index (χ3v) is 3.00. The first-order valence-electron chi connectivity index (χ1n) is 5.62. The second-order valence-corrected chi connectivity index (χ2v) is 5.63. The zero-order valence-electron chi connectivity index (χ0n) is 10.7. The quantitative estimate of drug-likeness (QED) is 0.826. The van der Waals surface area contributed by atoms with E-state index in [2.05, 4.69) is 31.4 Å². The number of rotatable bonds is 2. The van der Waals surface area contributed by atoms with Crippen LogP contribution in [0.3, 0.4) is 0 Å². The molecule has 0 radical (unpaired) electrons. The van der Waals surface area contributed by atoms with Crippen molar-refractivity contribution in [3.05, 3.63) is 29.3 Å². The molecule has 17 heavy (non-hydrogen) atoms. The van der Waals surface area contributed by atoms with Crippen LogP contribution in [-0.2, 0) is 0 Å². The fraction of sp³-hybridized carbons (Fsp3) is 0.462. The maximum Gasteiger partial charge on any atom is 0.319 e. The Labute approximate surface area is 108 Å². The molecule has 2 N–H and O–H groups in total. The van der Waals surface area contributed by atoms with Crippen LogP contribution in [0.5, 0.6) is 0 Å². The SMILES string of the molecule is C[C@H](NC(=O)Nc1ccc(Cl)cc1)C(C)(C)C. The zero-order chi connectivity index (χ0) is 13.1. The summed E-state index contributed by atoms with van der Waals surface area (Å²) in [5, 5.41) is 6.32. The van der Waals surface area contributed by atoms with Gasteiger partial charge in [-0.3, -0.25) is 0 Å². The number of nitrogens with one attached hydrogen (secondary N) is 2. The Bertz CT molecular complexity index is 381. The number of benzene rings is 1. The second kappa shape index (κ2) is 5.41. The first-order valence-corrected chi connectivity index (χ1v) is 6.00. The van der Waals surface area contributed by atoms with Crippen LogP contribution in [0.15, 0.2) is 24.3 Å². The molecule has 94 valence electrons. The monoisotopic (exact) mass is 254 g/mol. The van der Waals surface area contributed by atoms with Crippen molar-refractivity contribution in [2.24, 2.45) is 5.41 Å². The minimum Gasteiger partial charge on any atom is -0.335 e. The number of amides is 2. The van der Waals surface area contributed by atoms with E-state index in [1.54, 1.807) is 24.3 Å². The van der Waals surface area contributed by atoms with Crippen LogP contribution >= 0.6 is 11.6 Å². The van der Waals surface area contributed by atoms with Crippen molar-refractivity contribution in [2.75, 3.05) is 5.32 Å². The van der Waals surface area contributed by atoms with Crippen LogP contribution in [0.25, 0.3) is 0 Å². The van der Waals surface area contributed by atoms with Crippen LogP contribution in [0, 0.1) is 5.41 Å². The molecule has 3 nitrogen and oxygen atoms in total. The molecule has 0 bridgehead atoms. The van der Waals surface area contributed by atoms with Crippen LogP contribution in [-0.4, -0.2) is 12.1 Å². The van der Waals surface area contributed by atoms with Gasteiger partial charge < -0.3 is 10.6 Å². The number of anilines is 1. The maximum absolute atomic E-state index is 11.7. The van der Waals surface area contributed by atoms with Gasteiger partial charge in [0.25, 0.3) is 0 Å². The molecule has 0 spiro atoms. The number of halogens is 1. The molecule has 1 rings (SSSR count). The van der Waals surface area contributed by atoms with Gasteiger partial charge in [0, 0.05) is 16.8 Å². The van der Waals surface area contributed by atoms with Gasteiger partial charge in [-0.05, 0) is 36.6 Å². The normalized spacial score (nSPS) is 13.0. The summed E-state index contributed by atoms with van der Waals surface area (Å²) in [6.07, 6.45) is 0. The standard InChI is InChI=1S/C13H19ClN2O/c1-9(13(2,3)4)15-12(17)16-11-7-5-10(14)6-8-11/h5-9H,1-4H3,(H2,15,16,17)/t9-/m0/s1. The van der Waals surface area contributed by atoms with E-state index in [4.69, 9.17) is 11.6 Å². The summed E-state index contributed by atoms with van der Waals surface area (Å²) >= 11 is 5.76. The molecule has 0 saturated heterocycles. The van der Waals surface area contributed by atoms with Crippen molar-refractivity contribution in [1.82, 2.24) is 5.32 Å². The highest BCUT2D eigenvalue weighted by Crippen LogP contribution is 2.19. The third kappa shape index (κ3) is 4.65. The lowest BCUT2D eigenvalue weighted by atomic mass is 9.88. The molecule has 0 saturated carbocycles. The largest absolute Gasteiger partial charge is 0.335 e. The van der Waals surface area contributed by atoms with Gasteiger partial charge in [-0.2, -0.15) is 0 Å². The van der Waals surface area contributed by atoms with Crippen molar-refractivity contribution in [2.45, 2.75) is 33.7 Å². The van der Waals surface area contributed by atoms with Gasteiger partial charge in [0.15, 0.2) is 0 Å². The number of carbonyl (C=O) groups excluding carboxylic acids is 1. The summed E-state index contributed by atoms with van der Waals surface area (Å²) in [7, 11) is 0. The zero-order valence-corrected chi connectivity index (χ0v) is 11.4. The number of carbonyl (C=O) groups is 1. The Balaban J connectivity index is 2.53. The van der Waals surface area contributed by atoms with E-state index < -0.39 is 0 Å². The summed E-state index contributed by atoms with van der Waals surface area (Å²) in [4.78, 5) is 11.7. The van der Waals surface area contributed by atoms with E-state index in [0.717, 1.165) is 5.69 Å². The second-order valence-electron chi connectivity index (χ2n) is 5.19. The Morgan fingerprint density at radius 3 is 2.24 bits per heavy atom. The molecule has 0 fully saturated rings. The fourth-order valence-corrected chi connectivity index (χ4v) is 1.24. The Hall–Kier alpha value is -1.22. The lowest BCUT2D eigenvalue weighted by Crippen LogP contribution is -2.43. The number of hydrogen-bond acceptors (Lipinski definition) is 1. The van der Waals surface area contributed by atoms with Gasteiger partial charge in [-0.1, -0.05) is 32.4 Å². The van der Waals surface area contributed by atoms with E-state index in [1.165, 1.54) is 0 Å². The topological polar surface area (TPSA) is 41.1 Å². The predicted octanol–water partition coefficient (Wildman–Crippen LogP) is 3.90. The van der Waals surface area contributed by atoms with Gasteiger partial charge in [0.05, 0.1) is 0 Å². The van der Waals surface area contributed by atoms with E-state index >= 15 is 0 Å². The summed E-state index contributed by atoms with van der Waals surface area (Å²) in [5.41, 5.74) is 0.769. The van der Waals surface area contributed by atoms with Gasteiger partial charge in [0.2, 0.25) is 0 Å². The molecule has 4 heteroatoms. The van der Waals surface area contributed by atoms with Gasteiger partial charge in [-0.25, -0.2) is 4.79 Å². The average molecular weight is 255 g/mol. The molecule has 0 aliphatic carbocycles. The third-order valence-electron chi connectivity index (χ3n) is 2.75. The molecular weight excluding hydrogens is 236 g/mol. The molecule has 0 heterocycles. The molecule has 1 aromatic rings. The fourth-order valence-electron chi connectivity index (χ4n) is 1.11. The average Bonchev–Trinajstić information content (AvgIpc) is 2.20. The van der Waals surface area contributed by atoms with E-state index in [9.17, 15) is 4.79 Å². The number of urea groups is 1. The van der Waals surface area contributed by atoms with Gasteiger partial charge >= 0.3 is 6.03 Å². The summed E-state index contributed by atoms with van der Waals surface area (Å²) in [5.74, 6) is 0. The predicted molar refractivity (Wildman–Crippen MR) is 72.5 cm³/mol. The van der Waals surface area contributed by atoms with E-state index in [1.807, 2.05) is 6.92 Å². The molecule has 2 amide bonds. The van der Waals surface area contributed by atoms with Crippen molar-refractivity contribution in [1.29, 1.82) is 0 Å². The molecule has 0 aliphatic rings. The first-order chi connectivity index (χ1) is 7.79. The Kier molecular flexibility index (Phi) is 4.40. The van der Waals surface area contributed by atoms with Crippen LogP contribution in [0.4, 0.5) is 10.5 Å². The van der Waals surface area contributed by atoms with E-state index in [-0.39, 0.29) is 17.5 Å². The smallest absolute Gasteiger partial charge is 0.319 e. The van der Waals surface area contributed by atoms with E-state index in [0.29, 0.717) is 5.02 Å². The minimum atomic E-state index is -0.199. The van der Waals surface area contributed by atoms with Gasteiger partial charge in [0.1, 0.15) is 0 Å². The molecule has 0 aromatic heterocycles. The first kappa shape index (κ1) is 13.8. The van der Waals surface area contributed by atoms with Crippen molar-refractivity contribution >= 4 is 23.3 Å². The highest BCUT2D eigenvalue weighted by Gasteiger charge is 2.21. The summed E-state index contributed by atoms with van der Waals surface area (Å²) in [6.45, 7) is 8.24. The minimum absolute atomic E-state index is 0.0390.